The number of carbonyl (C=O) groups excluding carboxylic acids is 2. The highest BCUT2D eigenvalue weighted by Gasteiger charge is 2.28. The van der Waals surface area contributed by atoms with Gasteiger partial charge in [-0.15, -0.1) is 0 Å². The van der Waals surface area contributed by atoms with Crippen molar-refractivity contribution >= 4 is 11.7 Å². The third-order valence-electron chi connectivity index (χ3n) is 5.40. The minimum absolute atomic E-state index is 0.0477. The quantitative estimate of drug-likeness (QED) is 0.670. The lowest BCUT2D eigenvalue weighted by Gasteiger charge is -2.31. The number of likely N-dealkylation sites (tertiary alicyclic amines) is 1. The number of amides is 1. The summed E-state index contributed by atoms with van der Waals surface area (Å²) in [5.74, 6) is 2.14. The number of ether oxygens (including phenoxy) is 3. The molecule has 0 radical (unpaired) electrons. The Morgan fingerprint density at radius 2 is 1.55 bits per heavy atom. The summed E-state index contributed by atoms with van der Waals surface area (Å²) in [6.07, 6.45) is 1.67. The van der Waals surface area contributed by atoms with Gasteiger partial charge in [-0.1, -0.05) is 6.07 Å². The number of nitrogens with zero attached hydrogens (tertiary/aromatic N) is 1. The van der Waals surface area contributed by atoms with Gasteiger partial charge in [0.1, 0.15) is 5.75 Å². The van der Waals surface area contributed by atoms with Crippen molar-refractivity contribution in [3.05, 3.63) is 53.6 Å². The van der Waals surface area contributed by atoms with Crippen LogP contribution in [0.2, 0.25) is 0 Å². The zero-order chi connectivity index (χ0) is 20.8. The molecule has 1 fully saturated rings. The largest absolute Gasteiger partial charge is 0.497 e. The van der Waals surface area contributed by atoms with E-state index in [1.54, 1.807) is 51.7 Å². The van der Waals surface area contributed by atoms with Crippen molar-refractivity contribution in [3.63, 3.8) is 0 Å². The molecular weight excluding hydrogens is 370 g/mol. The second-order valence-electron chi connectivity index (χ2n) is 7.11. The predicted molar refractivity (Wildman–Crippen MR) is 110 cm³/mol. The van der Waals surface area contributed by atoms with Crippen molar-refractivity contribution < 1.29 is 23.8 Å². The van der Waals surface area contributed by atoms with Crippen molar-refractivity contribution in [1.29, 1.82) is 0 Å². The molecule has 1 heterocycles. The minimum Gasteiger partial charge on any atom is -0.497 e. The Morgan fingerprint density at radius 1 is 0.897 bits per heavy atom. The Hall–Kier alpha value is -3.02. The molecule has 2 aromatic rings. The first-order chi connectivity index (χ1) is 14.0. The first-order valence-electron chi connectivity index (χ1n) is 9.72. The van der Waals surface area contributed by atoms with Crippen LogP contribution in [0.1, 0.15) is 28.8 Å². The molecule has 1 aliphatic rings. The zero-order valence-corrected chi connectivity index (χ0v) is 17.1. The van der Waals surface area contributed by atoms with Gasteiger partial charge in [-0.2, -0.15) is 0 Å². The van der Waals surface area contributed by atoms with Crippen LogP contribution in [-0.4, -0.2) is 51.0 Å². The Labute approximate surface area is 171 Å². The van der Waals surface area contributed by atoms with E-state index in [1.165, 1.54) is 0 Å². The van der Waals surface area contributed by atoms with Crippen LogP contribution in [0.3, 0.4) is 0 Å². The number of benzene rings is 2. The number of methoxy groups -OCH3 is 3. The lowest BCUT2D eigenvalue weighted by molar-refractivity contribution is -0.131. The van der Waals surface area contributed by atoms with E-state index >= 15 is 0 Å². The highest BCUT2D eigenvalue weighted by atomic mass is 16.5. The van der Waals surface area contributed by atoms with Crippen LogP contribution in [0.25, 0.3) is 0 Å². The SMILES string of the molecule is COc1ccc(C(=O)C2CCN(C(=O)Cc3ccc(OC)c(OC)c3)CC2)cc1. The van der Waals surface area contributed by atoms with Crippen LogP contribution in [0, 0.1) is 5.92 Å². The summed E-state index contributed by atoms with van der Waals surface area (Å²) in [6, 6.07) is 12.7. The summed E-state index contributed by atoms with van der Waals surface area (Å²) in [6.45, 7) is 1.19. The number of carbonyl (C=O) groups is 2. The fourth-order valence-electron chi connectivity index (χ4n) is 3.66. The maximum Gasteiger partial charge on any atom is 0.226 e. The standard InChI is InChI=1S/C23H27NO5/c1-27-19-7-5-17(6-8-19)23(26)18-10-12-24(13-11-18)22(25)15-16-4-9-20(28-2)21(14-16)29-3/h4-9,14,18H,10-13,15H2,1-3H3. The number of hydrogen-bond acceptors (Lipinski definition) is 5. The van der Waals surface area contributed by atoms with Crippen molar-refractivity contribution in [2.45, 2.75) is 19.3 Å². The Morgan fingerprint density at radius 3 is 2.14 bits per heavy atom. The molecule has 0 saturated carbocycles. The average molecular weight is 397 g/mol. The van der Waals surface area contributed by atoms with E-state index in [-0.39, 0.29) is 17.6 Å². The molecule has 3 rings (SSSR count). The van der Waals surface area contributed by atoms with E-state index in [0.717, 1.165) is 11.3 Å². The van der Waals surface area contributed by atoms with Gasteiger partial charge >= 0.3 is 0 Å². The zero-order valence-electron chi connectivity index (χ0n) is 17.1. The van der Waals surface area contributed by atoms with E-state index in [0.29, 0.717) is 49.4 Å². The number of piperidine rings is 1. The average Bonchev–Trinajstić information content (AvgIpc) is 2.78. The van der Waals surface area contributed by atoms with E-state index in [4.69, 9.17) is 14.2 Å². The van der Waals surface area contributed by atoms with Crippen LogP contribution in [-0.2, 0) is 11.2 Å². The smallest absolute Gasteiger partial charge is 0.226 e. The molecule has 0 bridgehead atoms. The van der Waals surface area contributed by atoms with E-state index in [9.17, 15) is 9.59 Å². The van der Waals surface area contributed by atoms with Gasteiger partial charge in [-0.3, -0.25) is 9.59 Å². The molecule has 29 heavy (non-hydrogen) atoms. The number of Topliss-reactive ketones (excluding diaryl/α,β-unsaturated/α-hetero) is 1. The fraction of sp³-hybridized carbons (Fsp3) is 0.391. The number of hydrogen-bond donors (Lipinski definition) is 0. The summed E-state index contributed by atoms with van der Waals surface area (Å²) in [7, 11) is 4.76. The van der Waals surface area contributed by atoms with Gasteiger partial charge in [0.15, 0.2) is 17.3 Å². The maximum atomic E-state index is 12.7. The lowest BCUT2D eigenvalue weighted by Crippen LogP contribution is -2.41. The fourth-order valence-corrected chi connectivity index (χ4v) is 3.66. The predicted octanol–water partition coefficient (Wildman–Crippen LogP) is 3.38. The lowest BCUT2D eigenvalue weighted by atomic mass is 9.88. The van der Waals surface area contributed by atoms with Crippen molar-refractivity contribution in [2.75, 3.05) is 34.4 Å². The van der Waals surface area contributed by atoms with Gasteiger partial charge in [0, 0.05) is 24.6 Å². The van der Waals surface area contributed by atoms with Gasteiger partial charge in [0.25, 0.3) is 0 Å². The van der Waals surface area contributed by atoms with Crippen LogP contribution < -0.4 is 14.2 Å². The second-order valence-corrected chi connectivity index (χ2v) is 7.11. The van der Waals surface area contributed by atoms with Gasteiger partial charge in [0.2, 0.25) is 5.91 Å². The van der Waals surface area contributed by atoms with Crippen LogP contribution in [0.5, 0.6) is 17.2 Å². The highest BCUT2D eigenvalue weighted by molar-refractivity contribution is 5.98. The topological polar surface area (TPSA) is 65.1 Å². The molecule has 1 amide bonds. The van der Waals surface area contributed by atoms with E-state index in [2.05, 4.69) is 0 Å². The molecule has 0 spiro atoms. The van der Waals surface area contributed by atoms with E-state index < -0.39 is 0 Å². The molecule has 1 saturated heterocycles. The molecule has 6 nitrogen and oxygen atoms in total. The molecule has 154 valence electrons. The molecule has 6 heteroatoms. The maximum absolute atomic E-state index is 12.7. The Bertz CT molecular complexity index is 854. The van der Waals surface area contributed by atoms with E-state index in [1.807, 2.05) is 17.0 Å². The third-order valence-corrected chi connectivity index (χ3v) is 5.40. The van der Waals surface area contributed by atoms with Gasteiger partial charge < -0.3 is 19.1 Å². The molecule has 1 aliphatic heterocycles. The number of ketones is 1. The molecule has 0 atom stereocenters. The first-order valence-corrected chi connectivity index (χ1v) is 9.72. The molecule has 0 N–H and O–H groups in total. The molecular formula is C23H27NO5. The Balaban J connectivity index is 1.55. The van der Waals surface area contributed by atoms with Gasteiger partial charge in [0.05, 0.1) is 27.8 Å². The van der Waals surface area contributed by atoms with Crippen LogP contribution in [0.4, 0.5) is 0 Å². The third kappa shape index (κ3) is 4.88. The highest BCUT2D eigenvalue weighted by Crippen LogP contribution is 2.28. The van der Waals surface area contributed by atoms with Crippen molar-refractivity contribution in [1.82, 2.24) is 4.90 Å². The second kappa shape index (κ2) is 9.45. The Kier molecular flexibility index (Phi) is 6.75. The minimum atomic E-state index is -0.0477. The number of rotatable bonds is 7. The van der Waals surface area contributed by atoms with Crippen molar-refractivity contribution in [2.24, 2.45) is 5.92 Å². The summed E-state index contributed by atoms with van der Waals surface area (Å²) >= 11 is 0. The van der Waals surface area contributed by atoms with Gasteiger partial charge in [-0.05, 0) is 54.8 Å². The summed E-state index contributed by atoms with van der Waals surface area (Å²) in [5.41, 5.74) is 1.57. The summed E-state index contributed by atoms with van der Waals surface area (Å²) < 4.78 is 15.7. The van der Waals surface area contributed by atoms with Crippen LogP contribution in [0.15, 0.2) is 42.5 Å². The summed E-state index contributed by atoms with van der Waals surface area (Å²) in [4.78, 5) is 27.3. The molecule has 2 aromatic carbocycles. The molecule has 0 unspecified atom stereocenters. The summed E-state index contributed by atoms with van der Waals surface area (Å²) in [5, 5.41) is 0. The van der Waals surface area contributed by atoms with Crippen molar-refractivity contribution in [3.8, 4) is 17.2 Å². The van der Waals surface area contributed by atoms with Gasteiger partial charge in [-0.25, -0.2) is 0 Å². The normalized spacial score (nSPS) is 14.4. The monoisotopic (exact) mass is 397 g/mol. The van der Waals surface area contributed by atoms with Crippen LogP contribution >= 0.6 is 0 Å². The first kappa shape index (κ1) is 20.7. The molecule has 0 aliphatic carbocycles. The molecule has 0 aromatic heterocycles.